The Kier molecular flexibility index (Phi) is 5.65. The number of pyridine rings is 1. The smallest absolute Gasteiger partial charge is 0.242 e. The molecule has 5 rings (SSSR count). The predicted molar refractivity (Wildman–Crippen MR) is 147 cm³/mol. The van der Waals surface area contributed by atoms with Crippen molar-refractivity contribution in [3.05, 3.63) is 106 Å². The highest BCUT2D eigenvalue weighted by Gasteiger charge is 2.28. The second kappa shape index (κ2) is 8.64. The third-order valence-corrected chi connectivity index (χ3v) is 7.06. The first-order chi connectivity index (χ1) is 16.3. The third kappa shape index (κ3) is 3.86. The van der Waals surface area contributed by atoms with Crippen LogP contribution >= 0.6 is 0 Å². The lowest BCUT2D eigenvalue weighted by Crippen LogP contribution is -2.55. The summed E-state index contributed by atoms with van der Waals surface area (Å²) in [5, 5.41) is 1.15. The van der Waals surface area contributed by atoms with Crippen molar-refractivity contribution < 1.29 is 0 Å². The van der Waals surface area contributed by atoms with Crippen molar-refractivity contribution in [3.63, 3.8) is 0 Å². The molecule has 0 amide bonds. The number of nitrogens with zero attached hydrogens (tertiary/aromatic N) is 1. The molecule has 0 atom stereocenters. The third-order valence-electron chi connectivity index (χ3n) is 7.06. The molecule has 0 saturated carbocycles. The van der Waals surface area contributed by atoms with Crippen molar-refractivity contribution in [1.29, 1.82) is 0 Å². The van der Waals surface area contributed by atoms with Gasteiger partial charge in [-0.05, 0) is 59.2 Å². The molecule has 3 aromatic carbocycles. The molecule has 0 radical (unpaired) electrons. The zero-order chi connectivity index (χ0) is 24.0. The van der Waals surface area contributed by atoms with Gasteiger partial charge in [-0.1, -0.05) is 98.3 Å². The number of fused-ring (bicyclic) bond motifs is 1. The van der Waals surface area contributed by atoms with Gasteiger partial charge in [0.1, 0.15) is 5.65 Å². The van der Waals surface area contributed by atoms with Crippen LogP contribution in [0.2, 0.25) is 0 Å². The summed E-state index contributed by atoms with van der Waals surface area (Å²) >= 11 is 0. The van der Waals surface area contributed by atoms with E-state index in [1.54, 1.807) is 0 Å². The highest BCUT2D eigenvalue weighted by Crippen LogP contribution is 2.27. The van der Waals surface area contributed by atoms with Crippen LogP contribution in [-0.2, 0) is 0 Å². The fraction of sp³-hybridized carbons (Fsp3) is 0.194. The monoisotopic (exact) mass is 442 g/mol. The van der Waals surface area contributed by atoms with Gasteiger partial charge in [-0.3, -0.25) is 0 Å². The average Bonchev–Trinajstić information content (AvgIpc) is 3.21. The van der Waals surface area contributed by atoms with Gasteiger partial charge in [0, 0.05) is 23.3 Å². The standard InChI is InChI=1S/C31H31BN2/c1-19-14-21(3)29(22(4)15-19)32(30-23(5)16-20(2)17-24(30)6)26-11-9-25(10-12-26)28-18-34-31-27(28)8-7-13-33-31/h7-18H,1-6H3,(H,33,34). The quantitative estimate of drug-likeness (QED) is 0.361. The molecule has 2 aromatic heterocycles. The number of aromatic amines is 1. The van der Waals surface area contributed by atoms with Crippen LogP contribution in [0, 0.1) is 41.5 Å². The second-order valence-corrected chi connectivity index (χ2v) is 9.78. The number of aryl methyl sites for hydroxylation is 6. The normalized spacial score (nSPS) is 11.2. The summed E-state index contributed by atoms with van der Waals surface area (Å²) < 4.78 is 0. The van der Waals surface area contributed by atoms with E-state index in [9.17, 15) is 0 Å². The van der Waals surface area contributed by atoms with Crippen molar-refractivity contribution in [1.82, 2.24) is 9.97 Å². The molecule has 0 aliphatic heterocycles. The highest BCUT2D eigenvalue weighted by atomic mass is 14.8. The van der Waals surface area contributed by atoms with E-state index in [1.165, 1.54) is 60.9 Å². The molecule has 168 valence electrons. The van der Waals surface area contributed by atoms with Gasteiger partial charge in [0.2, 0.25) is 6.71 Å². The minimum Gasteiger partial charge on any atom is -0.346 e. The maximum Gasteiger partial charge on any atom is 0.242 e. The van der Waals surface area contributed by atoms with Crippen LogP contribution in [0.1, 0.15) is 33.4 Å². The van der Waals surface area contributed by atoms with Gasteiger partial charge in [-0.15, -0.1) is 0 Å². The van der Waals surface area contributed by atoms with E-state index in [0.717, 1.165) is 11.0 Å². The number of benzene rings is 3. The summed E-state index contributed by atoms with van der Waals surface area (Å²) in [4.78, 5) is 7.75. The van der Waals surface area contributed by atoms with Crippen LogP contribution in [0.15, 0.2) is 73.1 Å². The first kappa shape index (κ1) is 22.2. The molecule has 0 bridgehead atoms. The molecule has 1 N–H and O–H groups in total. The lowest BCUT2D eigenvalue weighted by molar-refractivity contribution is 1.33. The van der Waals surface area contributed by atoms with E-state index in [0.29, 0.717) is 0 Å². The van der Waals surface area contributed by atoms with Gasteiger partial charge >= 0.3 is 0 Å². The summed E-state index contributed by atoms with van der Waals surface area (Å²) in [5.74, 6) is 0. The molecule has 5 aromatic rings. The Bertz CT molecular complexity index is 1410. The number of nitrogens with one attached hydrogen (secondary N) is 1. The summed E-state index contributed by atoms with van der Waals surface area (Å²) in [6.45, 7) is 13.6. The average molecular weight is 442 g/mol. The Morgan fingerprint density at radius 1 is 0.676 bits per heavy atom. The summed E-state index contributed by atoms with van der Waals surface area (Å²) in [7, 11) is 0. The SMILES string of the molecule is Cc1cc(C)c(B(c2ccc(-c3c[nH]c4ncccc34)cc2)c2c(C)cc(C)cc2C)c(C)c1. The Balaban J connectivity index is 1.69. The van der Waals surface area contributed by atoms with Crippen molar-refractivity contribution >= 4 is 34.1 Å². The summed E-state index contributed by atoms with van der Waals surface area (Å²) in [6.07, 6.45) is 3.89. The molecule has 0 spiro atoms. The van der Waals surface area contributed by atoms with Crippen molar-refractivity contribution in [3.8, 4) is 11.1 Å². The number of H-pyrrole nitrogens is 1. The van der Waals surface area contributed by atoms with E-state index in [1.807, 2.05) is 12.3 Å². The van der Waals surface area contributed by atoms with E-state index < -0.39 is 0 Å². The van der Waals surface area contributed by atoms with Crippen LogP contribution in [0.5, 0.6) is 0 Å². The van der Waals surface area contributed by atoms with Crippen LogP contribution < -0.4 is 16.4 Å². The highest BCUT2D eigenvalue weighted by molar-refractivity contribution is 6.96. The van der Waals surface area contributed by atoms with Crippen molar-refractivity contribution in [2.75, 3.05) is 0 Å². The Morgan fingerprint density at radius 2 is 1.21 bits per heavy atom. The maximum absolute atomic E-state index is 4.45. The Morgan fingerprint density at radius 3 is 1.74 bits per heavy atom. The Hall–Kier alpha value is -3.59. The molecule has 0 aliphatic carbocycles. The van der Waals surface area contributed by atoms with Gasteiger partial charge in [0.15, 0.2) is 0 Å². The van der Waals surface area contributed by atoms with Crippen LogP contribution in [0.4, 0.5) is 0 Å². The fourth-order valence-corrected chi connectivity index (χ4v) is 5.82. The van der Waals surface area contributed by atoms with Gasteiger partial charge in [-0.25, -0.2) is 4.98 Å². The molecular formula is C31H31BN2. The number of aromatic nitrogens is 2. The minimum absolute atomic E-state index is 0.194. The van der Waals surface area contributed by atoms with Crippen molar-refractivity contribution in [2.45, 2.75) is 41.5 Å². The number of rotatable bonds is 4. The Labute approximate surface area is 203 Å². The maximum atomic E-state index is 4.45. The zero-order valence-electron chi connectivity index (χ0n) is 21.0. The molecule has 2 heterocycles. The topological polar surface area (TPSA) is 28.7 Å². The molecule has 0 aliphatic rings. The predicted octanol–water partition coefficient (Wildman–Crippen LogP) is 5.60. The molecule has 0 saturated heterocycles. The lowest BCUT2D eigenvalue weighted by Gasteiger charge is -2.24. The number of hydrogen-bond donors (Lipinski definition) is 1. The van der Waals surface area contributed by atoms with E-state index in [2.05, 4.69) is 112 Å². The zero-order valence-corrected chi connectivity index (χ0v) is 21.0. The molecule has 34 heavy (non-hydrogen) atoms. The van der Waals surface area contributed by atoms with Crippen LogP contribution in [-0.4, -0.2) is 16.7 Å². The molecule has 2 nitrogen and oxygen atoms in total. The van der Waals surface area contributed by atoms with Crippen LogP contribution in [0.25, 0.3) is 22.2 Å². The van der Waals surface area contributed by atoms with E-state index in [4.69, 9.17) is 0 Å². The first-order valence-corrected chi connectivity index (χ1v) is 12.0. The molecule has 0 unspecified atom stereocenters. The van der Waals surface area contributed by atoms with Gasteiger partial charge < -0.3 is 4.98 Å². The summed E-state index contributed by atoms with van der Waals surface area (Å²) in [6, 6.07) is 22.6. The first-order valence-electron chi connectivity index (χ1n) is 12.0. The van der Waals surface area contributed by atoms with Gasteiger partial charge in [0.05, 0.1) is 0 Å². The second-order valence-electron chi connectivity index (χ2n) is 9.78. The molecular weight excluding hydrogens is 411 g/mol. The van der Waals surface area contributed by atoms with Crippen molar-refractivity contribution in [2.24, 2.45) is 0 Å². The lowest BCUT2D eigenvalue weighted by atomic mass is 9.34. The minimum atomic E-state index is 0.194. The van der Waals surface area contributed by atoms with E-state index >= 15 is 0 Å². The fourth-order valence-electron chi connectivity index (χ4n) is 5.82. The molecule has 0 fully saturated rings. The molecule has 3 heteroatoms. The van der Waals surface area contributed by atoms with Crippen LogP contribution in [0.3, 0.4) is 0 Å². The van der Waals surface area contributed by atoms with E-state index in [-0.39, 0.29) is 6.71 Å². The van der Waals surface area contributed by atoms with Gasteiger partial charge in [0.25, 0.3) is 0 Å². The largest absolute Gasteiger partial charge is 0.346 e. The number of hydrogen-bond acceptors (Lipinski definition) is 1. The summed E-state index contributed by atoms with van der Waals surface area (Å²) in [5.41, 5.74) is 15.5. The van der Waals surface area contributed by atoms with Gasteiger partial charge in [-0.2, -0.15) is 0 Å².